The highest BCUT2D eigenvalue weighted by Gasteiger charge is 2.22. The maximum atomic E-state index is 9.72. The molecule has 0 aromatic carbocycles. The first-order valence-electron chi connectivity index (χ1n) is 5.65. The minimum Gasteiger partial charge on any atom is -0.393 e. The number of methoxy groups -OCH3 is 1. The van der Waals surface area contributed by atoms with E-state index >= 15 is 0 Å². The smallest absolute Gasteiger partial charge is 0.0667 e. The molecule has 0 aromatic heterocycles. The number of aliphatic hydroxyl groups is 1. The largest absolute Gasteiger partial charge is 0.393 e. The van der Waals surface area contributed by atoms with E-state index in [4.69, 9.17) is 4.74 Å². The Morgan fingerprint density at radius 2 is 2.14 bits per heavy atom. The quantitative estimate of drug-likeness (QED) is 0.701. The Kier molecular flexibility index (Phi) is 5.45. The van der Waals surface area contributed by atoms with Gasteiger partial charge in [0.05, 0.1) is 12.2 Å². The third-order valence-corrected chi connectivity index (χ3v) is 3.11. The minimum atomic E-state index is -0.0888. The van der Waals surface area contributed by atoms with Gasteiger partial charge < -0.3 is 15.2 Å². The van der Waals surface area contributed by atoms with Crippen molar-refractivity contribution >= 4 is 0 Å². The summed E-state index contributed by atoms with van der Waals surface area (Å²) in [5.41, 5.74) is 0. The van der Waals surface area contributed by atoms with Crippen LogP contribution in [0.15, 0.2) is 0 Å². The summed E-state index contributed by atoms with van der Waals surface area (Å²) in [5.74, 6) is 0.452. The minimum absolute atomic E-state index is 0.0888. The van der Waals surface area contributed by atoms with Crippen LogP contribution in [-0.2, 0) is 4.74 Å². The van der Waals surface area contributed by atoms with Crippen LogP contribution in [0.5, 0.6) is 0 Å². The molecular weight excluding hydrogens is 178 g/mol. The van der Waals surface area contributed by atoms with Crippen LogP contribution < -0.4 is 5.32 Å². The van der Waals surface area contributed by atoms with Crippen LogP contribution in [-0.4, -0.2) is 37.5 Å². The molecule has 0 saturated heterocycles. The molecule has 0 radical (unpaired) electrons. The van der Waals surface area contributed by atoms with E-state index in [1.54, 1.807) is 7.11 Å². The number of hydrogen-bond acceptors (Lipinski definition) is 3. The fourth-order valence-electron chi connectivity index (χ4n) is 1.98. The molecule has 3 atom stereocenters. The molecule has 1 rings (SSSR count). The topological polar surface area (TPSA) is 41.5 Å². The van der Waals surface area contributed by atoms with Gasteiger partial charge >= 0.3 is 0 Å². The Hall–Kier alpha value is -0.120. The first-order chi connectivity index (χ1) is 6.74. The van der Waals surface area contributed by atoms with Crippen molar-refractivity contribution in [2.75, 3.05) is 20.2 Å². The van der Waals surface area contributed by atoms with Gasteiger partial charge in [-0.2, -0.15) is 0 Å². The van der Waals surface area contributed by atoms with Gasteiger partial charge in [-0.15, -0.1) is 0 Å². The van der Waals surface area contributed by atoms with Crippen LogP contribution in [0.2, 0.25) is 0 Å². The van der Waals surface area contributed by atoms with Crippen molar-refractivity contribution in [3.05, 3.63) is 0 Å². The number of aliphatic hydroxyl groups excluding tert-OH is 1. The molecule has 0 spiro atoms. The van der Waals surface area contributed by atoms with Crippen LogP contribution in [0, 0.1) is 5.92 Å². The molecule has 14 heavy (non-hydrogen) atoms. The molecule has 0 amide bonds. The second-order valence-corrected chi connectivity index (χ2v) is 4.32. The van der Waals surface area contributed by atoms with E-state index in [1.165, 1.54) is 12.8 Å². The van der Waals surface area contributed by atoms with Crippen LogP contribution in [0.25, 0.3) is 0 Å². The Morgan fingerprint density at radius 3 is 2.79 bits per heavy atom. The zero-order valence-electron chi connectivity index (χ0n) is 9.33. The fraction of sp³-hybridized carbons (Fsp3) is 1.00. The summed E-state index contributed by atoms with van der Waals surface area (Å²) in [6, 6.07) is 0. The summed E-state index contributed by atoms with van der Waals surface area (Å²) in [6.45, 7) is 3.85. The Bertz CT molecular complexity index is 152. The summed E-state index contributed by atoms with van der Waals surface area (Å²) in [4.78, 5) is 0. The molecule has 0 aromatic rings. The van der Waals surface area contributed by atoms with Crippen molar-refractivity contribution in [3.8, 4) is 0 Å². The zero-order chi connectivity index (χ0) is 10.4. The molecule has 1 aliphatic carbocycles. The zero-order valence-corrected chi connectivity index (χ0v) is 9.33. The van der Waals surface area contributed by atoms with Gasteiger partial charge in [-0.05, 0) is 25.7 Å². The molecule has 1 saturated carbocycles. The molecule has 2 N–H and O–H groups in total. The van der Waals surface area contributed by atoms with Crippen LogP contribution in [0.1, 0.15) is 32.6 Å². The molecule has 0 bridgehead atoms. The van der Waals surface area contributed by atoms with E-state index in [0.717, 1.165) is 25.9 Å². The molecular formula is C11H23NO2. The van der Waals surface area contributed by atoms with Gasteiger partial charge in [-0.1, -0.05) is 12.8 Å². The summed E-state index contributed by atoms with van der Waals surface area (Å²) in [5, 5.41) is 13.1. The van der Waals surface area contributed by atoms with Gasteiger partial charge in [-0.25, -0.2) is 0 Å². The maximum absolute atomic E-state index is 9.72. The second-order valence-electron chi connectivity index (χ2n) is 4.32. The summed E-state index contributed by atoms with van der Waals surface area (Å²) >= 11 is 0. The molecule has 3 nitrogen and oxygen atoms in total. The summed E-state index contributed by atoms with van der Waals surface area (Å²) in [6.07, 6.45) is 4.77. The van der Waals surface area contributed by atoms with E-state index < -0.39 is 0 Å². The Balaban J connectivity index is 2.10. The first-order valence-corrected chi connectivity index (χ1v) is 5.65. The number of nitrogens with one attached hydrogen (secondary N) is 1. The van der Waals surface area contributed by atoms with Crippen LogP contribution >= 0.6 is 0 Å². The van der Waals surface area contributed by atoms with Crippen molar-refractivity contribution in [3.63, 3.8) is 0 Å². The van der Waals surface area contributed by atoms with E-state index in [2.05, 4.69) is 5.32 Å². The second kappa shape index (κ2) is 6.38. The molecule has 3 heteroatoms. The highest BCUT2D eigenvalue weighted by atomic mass is 16.5. The van der Waals surface area contributed by atoms with Crippen LogP contribution in [0.3, 0.4) is 0 Å². The van der Waals surface area contributed by atoms with Gasteiger partial charge in [0.2, 0.25) is 0 Å². The van der Waals surface area contributed by atoms with Gasteiger partial charge in [0, 0.05) is 20.2 Å². The van der Waals surface area contributed by atoms with E-state index in [9.17, 15) is 5.11 Å². The molecule has 3 unspecified atom stereocenters. The number of hydrogen-bond donors (Lipinski definition) is 2. The van der Waals surface area contributed by atoms with E-state index in [1.807, 2.05) is 6.92 Å². The monoisotopic (exact) mass is 201 g/mol. The van der Waals surface area contributed by atoms with Crippen molar-refractivity contribution in [1.82, 2.24) is 5.32 Å². The molecule has 84 valence electrons. The highest BCUT2D eigenvalue weighted by Crippen LogP contribution is 2.23. The van der Waals surface area contributed by atoms with Crippen molar-refractivity contribution in [2.45, 2.75) is 44.8 Å². The van der Waals surface area contributed by atoms with Gasteiger partial charge in [0.25, 0.3) is 0 Å². The van der Waals surface area contributed by atoms with Crippen molar-refractivity contribution < 1.29 is 9.84 Å². The Morgan fingerprint density at radius 1 is 1.43 bits per heavy atom. The highest BCUT2D eigenvalue weighted by molar-refractivity contribution is 4.76. The summed E-state index contributed by atoms with van der Waals surface area (Å²) in [7, 11) is 1.72. The molecule has 0 heterocycles. The number of rotatable bonds is 5. The molecule has 0 aliphatic heterocycles. The van der Waals surface area contributed by atoms with Crippen molar-refractivity contribution in [1.29, 1.82) is 0 Å². The fourth-order valence-corrected chi connectivity index (χ4v) is 1.98. The first kappa shape index (κ1) is 12.0. The lowest BCUT2D eigenvalue weighted by Crippen LogP contribution is -2.36. The normalized spacial score (nSPS) is 30.2. The van der Waals surface area contributed by atoms with Crippen LogP contribution in [0.4, 0.5) is 0 Å². The SMILES string of the molecule is COC(C)CNCC1CCCCC1O. The average Bonchev–Trinajstić information content (AvgIpc) is 2.20. The lowest BCUT2D eigenvalue weighted by atomic mass is 9.86. The molecule has 1 aliphatic rings. The third kappa shape index (κ3) is 3.95. The van der Waals surface area contributed by atoms with Crippen molar-refractivity contribution in [2.24, 2.45) is 5.92 Å². The third-order valence-electron chi connectivity index (χ3n) is 3.11. The lowest BCUT2D eigenvalue weighted by Gasteiger charge is -2.28. The van der Waals surface area contributed by atoms with Gasteiger partial charge in [0.15, 0.2) is 0 Å². The summed E-state index contributed by atoms with van der Waals surface area (Å²) < 4.78 is 5.14. The van der Waals surface area contributed by atoms with E-state index in [0.29, 0.717) is 5.92 Å². The predicted molar refractivity (Wildman–Crippen MR) is 57.3 cm³/mol. The standard InChI is InChI=1S/C11H23NO2/c1-9(14-2)7-12-8-10-5-3-4-6-11(10)13/h9-13H,3-8H2,1-2H3. The van der Waals surface area contributed by atoms with E-state index in [-0.39, 0.29) is 12.2 Å². The predicted octanol–water partition coefficient (Wildman–Crippen LogP) is 1.16. The number of ether oxygens (including phenoxy) is 1. The van der Waals surface area contributed by atoms with Gasteiger partial charge in [-0.3, -0.25) is 0 Å². The Labute approximate surface area is 86.8 Å². The average molecular weight is 201 g/mol. The van der Waals surface area contributed by atoms with Gasteiger partial charge in [0.1, 0.15) is 0 Å². The lowest BCUT2D eigenvalue weighted by molar-refractivity contribution is 0.0647. The molecule has 1 fully saturated rings. The maximum Gasteiger partial charge on any atom is 0.0667 e.